The van der Waals surface area contributed by atoms with Gasteiger partial charge in [0.2, 0.25) is 0 Å². The zero-order chi connectivity index (χ0) is 13.7. The van der Waals surface area contributed by atoms with Crippen LogP contribution in [0.15, 0.2) is 18.2 Å². The van der Waals surface area contributed by atoms with Crippen molar-refractivity contribution in [3.8, 4) is 11.5 Å². The molecule has 0 radical (unpaired) electrons. The third-order valence-electron chi connectivity index (χ3n) is 2.88. The summed E-state index contributed by atoms with van der Waals surface area (Å²) in [5.74, 6) is 1.22. The van der Waals surface area contributed by atoms with Crippen LogP contribution < -0.4 is 20.1 Å². The summed E-state index contributed by atoms with van der Waals surface area (Å²) < 4.78 is 15.6. The quantitative estimate of drug-likeness (QED) is 0.874. The third-order valence-corrected chi connectivity index (χ3v) is 2.88. The molecule has 1 aliphatic rings. The van der Waals surface area contributed by atoms with Crippen molar-refractivity contribution in [3.05, 3.63) is 18.2 Å². The summed E-state index contributed by atoms with van der Waals surface area (Å²) in [4.78, 5) is 11.8. The van der Waals surface area contributed by atoms with Crippen LogP contribution >= 0.6 is 0 Å². The van der Waals surface area contributed by atoms with Gasteiger partial charge in [0.25, 0.3) is 0 Å². The maximum absolute atomic E-state index is 11.8. The van der Waals surface area contributed by atoms with Crippen molar-refractivity contribution < 1.29 is 19.0 Å². The summed E-state index contributed by atoms with van der Waals surface area (Å²) in [5.41, 5.74) is 0.553. The molecule has 1 atom stereocenters. The molecule has 104 valence electrons. The van der Waals surface area contributed by atoms with Crippen LogP contribution in [-0.2, 0) is 4.74 Å². The lowest BCUT2D eigenvalue weighted by molar-refractivity contribution is 0.0928. The second-order valence-corrected chi connectivity index (χ2v) is 4.17. The van der Waals surface area contributed by atoms with Crippen LogP contribution in [-0.4, -0.2) is 33.1 Å². The molecule has 1 aliphatic heterocycles. The van der Waals surface area contributed by atoms with E-state index in [1.165, 1.54) is 0 Å². The fourth-order valence-corrected chi connectivity index (χ4v) is 1.91. The topological polar surface area (TPSA) is 68.8 Å². The molecule has 0 aromatic heterocycles. The van der Waals surface area contributed by atoms with E-state index in [-0.39, 0.29) is 12.3 Å². The van der Waals surface area contributed by atoms with E-state index in [2.05, 4.69) is 10.6 Å². The number of methoxy groups -OCH3 is 2. The molecule has 2 N–H and O–H groups in total. The van der Waals surface area contributed by atoms with E-state index in [1.807, 2.05) is 0 Å². The Morgan fingerprint density at radius 3 is 2.84 bits per heavy atom. The van der Waals surface area contributed by atoms with Crippen molar-refractivity contribution in [3.63, 3.8) is 0 Å². The maximum Gasteiger partial charge on any atom is 0.321 e. The van der Waals surface area contributed by atoms with E-state index in [0.717, 1.165) is 12.8 Å². The van der Waals surface area contributed by atoms with Crippen LogP contribution in [0.3, 0.4) is 0 Å². The fourth-order valence-electron chi connectivity index (χ4n) is 1.91. The van der Waals surface area contributed by atoms with Gasteiger partial charge in [0.1, 0.15) is 17.7 Å². The lowest BCUT2D eigenvalue weighted by Gasteiger charge is -2.15. The Bertz CT molecular complexity index is 444. The number of carbonyl (C=O) groups excluding carboxylic acids is 1. The summed E-state index contributed by atoms with van der Waals surface area (Å²) in [7, 11) is 3.11. The highest BCUT2D eigenvalue weighted by Crippen LogP contribution is 2.28. The molecule has 0 saturated carbocycles. The highest BCUT2D eigenvalue weighted by Gasteiger charge is 2.18. The van der Waals surface area contributed by atoms with Crippen molar-refractivity contribution in [2.24, 2.45) is 0 Å². The molecule has 1 aromatic rings. The van der Waals surface area contributed by atoms with E-state index >= 15 is 0 Å². The van der Waals surface area contributed by atoms with Gasteiger partial charge in [0.15, 0.2) is 0 Å². The number of carbonyl (C=O) groups is 1. The molecule has 19 heavy (non-hydrogen) atoms. The maximum atomic E-state index is 11.8. The van der Waals surface area contributed by atoms with Gasteiger partial charge in [-0.3, -0.25) is 0 Å². The molecule has 1 fully saturated rings. The van der Waals surface area contributed by atoms with E-state index in [1.54, 1.807) is 32.4 Å². The highest BCUT2D eigenvalue weighted by atomic mass is 16.5. The SMILES string of the molecule is COc1ccc(OC)c(NC(=O)NC2CCCO2)c1. The minimum Gasteiger partial charge on any atom is -0.497 e. The number of amides is 2. The van der Waals surface area contributed by atoms with Crippen molar-refractivity contribution in [1.29, 1.82) is 0 Å². The van der Waals surface area contributed by atoms with Crippen LogP contribution in [0.4, 0.5) is 10.5 Å². The smallest absolute Gasteiger partial charge is 0.321 e. The van der Waals surface area contributed by atoms with E-state index in [4.69, 9.17) is 14.2 Å². The van der Waals surface area contributed by atoms with Gasteiger partial charge in [-0.25, -0.2) is 4.79 Å². The molecule has 1 heterocycles. The number of ether oxygens (including phenoxy) is 3. The molecule has 0 spiro atoms. The molecular weight excluding hydrogens is 248 g/mol. The zero-order valence-corrected chi connectivity index (χ0v) is 11.1. The molecule has 1 unspecified atom stereocenters. The molecular formula is C13H18N2O4. The zero-order valence-electron chi connectivity index (χ0n) is 11.1. The number of benzene rings is 1. The Kier molecular flexibility index (Phi) is 4.46. The van der Waals surface area contributed by atoms with Crippen LogP contribution in [0.2, 0.25) is 0 Å². The van der Waals surface area contributed by atoms with Crippen molar-refractivity contribution in [2.45, 2.75) is 19.1 Å². The Hall–Kier alpha value is -1.95. The first kappa shape index (κ1) is 13.5. The Balaban J connectivity index is 2.01. The molecule has 6 heteroatoms. The normalized spacial score (nSPS) is 17.9. The number of nitrogens with one attached hydrogen (secondary N) is 2. The van der Waals surface area contributed by atoms with E-state index < -0.39 is 0 Å². The van der Waals surface area contributed by atoms with Gasteiger partial charge in [-0.1, -0.05) is 0 Å². The van der Waals surface area contributed by atoms with Crippen LogP contribution in [0.5, 0.6) is 11.5 Å². The van der Waals surface area contributed by atoms with Crippen LogP contribution in [0, 0.1) is 0 Å². The first-order valence-corrected chi connectivity index (χ1v) is 6.14. The Morgan fingerprint density at radius 2 is 2.21 bits per heavy atom. The minimum absolute atomic E-state index is 0.211. The lowest BCUT2D eigenvalue weighted by atomic mass is 10.2. The molecule has 6 nitrogen and oxygen atoms in total. The molecule has 1 aromatic carbocycles. The summed E-state index contributed by atoms with van der Waals surface area (Å²) >= 11 is 0. The summed E-state index contributed by atoms with van der Waals surface area (Å²) in [6.07, 6.45) is 1.59. The average molecular weight is 266 g/mol. The number of rotatable bonds is 4. The predicted molar refractivity (Wildman–Crippen MR) is 70.7 cm³/mol. The number of urea groups is 1. The van der Waals surface area contributed by atoms with Gasteiger partial charge in [0.05, 0.1) is 19.9 Å². The number of hydrogen-bond donors (Lipinski definition) is 2. The molecule has 1 saturated heterocycles. The minimum atomic E-state index is -0.321. The molecule has 2 rings (SSSR count). The van der Waals surface area contributed by atoms with Gasteiger partial charge in [-0.15, -0.1) is 0 Å². The fraction of sp³-hybridized carbons (Fsp3) is 0.462. The lowest BCUT2D eigenvalue weighted by Crippen LogP contribution is -2.37. The molecule has 0 aliphatic carbocycles. The van der Waals surface area contributed by atoms with Crippen molar-refractivity contribution in [1.82, 2.24) is 5.32 Å². The van der Waals surface area contributed by atoms with Gasteiger partial charge >= 0.3 is 6.03 Å². The first-order valence-electron chi connectivity index (χ1n) is 6.14. The first-order chi connectivity index (χ1) is 9.22. The third kappa shape index (κ3) is 3.51. The largest absolute Gasteiger partial charge is 0.497 e. The molecule has 0 bridgehead atoms. The Labute approximate surface area is 112 Å². The van der Waals surface area contributed by atoms with Gasteiger partial charge in [-0.2, -0.15) is 0 Å². The summed E-state index contributed by atoms with van der Waals surface area (Å²) in [6, 6.07) is 4.88. The predicted octanol–water partition coefficient (Wildman–Crippen LogP) is 1.96. The molecule has 2 amide bonds. The monoisotopic (exact) mass is 266 g/mol. The summed E-state index contributed by atoms with van der Waals surface area (Å²) in [5, 5.41) is 5.48. The second-order valence-electron chi connectivity index (χ2n) is 4.17. The highest BCUT2D eigenvalue weighted by molar-refractivity contribution is 5.91. The Morgan fingerprint density at radius 1 is 1.37 bits per heavy atom. The van der Waals surface area contributed by atoms with Crippen molar-refractivity contribution in [2.75, 3.05) is 26.1 Å². The van der Waals surface area contributed by atoms with Crippen LogP contribution in [0.1, 0.15) is 12.8 Å². The number of hydrogen-bond acceptors (Lipinski definition) is 4. The van der Waals surface area contributed by atoms with Gasteiger partial charge in [0, 0.05) is 12.7 Å². The van der Waals surface area contributed by atoms with E-state index in [9.17, 15) is 4.79 Å². The summed E-state index contributed by atoms with van der Waals surface area (Å²) in [6.45, 7) is 0.688. The van der Waals surface area contributed by atoms with Crippen molar-refractivity contribution >= 4 is 11.7 Å². The second kappa shape index (κ2) is 6.29. The average Bonchev–Trinajstić information content (AvgIpc) is 2.91. The van der Waals surface area contributed by atoms with Gasteiger partial charge < -0.3 is 24.8 Å². The van der Waals surface area contributed by atoms with Gasteiger partial charge in [-0.05, 0) is 25.0 Å². The van der Waals surface area contributed by atoms with Crippen LogP contribution in [0.25, 0.3) is 0 Å². The number of anilines is 1. The standard InChI is InChI=1S/C13H18N2O4/c1-17-9-5-6-11(18-2)10(8-9)14-13(16)15-12-4-3-7-19-12/h5-6,8,12H,3-4,7H2,1-2H3,(H2,14,15,16). The van der Waals surface area contributed by atoms with E-state index in [0.29, 0.717) is 23.8 Å².